The molecule has 0 aliphatic heterocycles. The number of hydrogen-bond donors (Lipinski definition) is 0. The molecule has 0 aliphatic rings. The molecule has 0 saturated heterocycles. The van der Waals surface area contributed by atoms with Crippen molar-refractivity contribution in [3.8, 4) is 0 Å². The van der Waals surface area contributed by atoms with Crippen LogP contribution in [0.25, 0.3) is 0 Å². The number of halogens is 2. The molecule has 0 heterocycles. The van der Waals surface area contributed by atoms with E-state index < -0.39 is 9.05 Å². The molecule has 0 amide bonds. The molecular weight excluding hydrogens is 227 g/mol. The molecule has 1 rings (SSSR count). The molecule has 0 bridgehead atoms. The second kappa shape index (κ2) is 4.28. The van der Waals surface area contributed by atoms with E-state index in [9.17, 15) is 12.8 Å². The summed E-state index contributed by atoms with van der Waals surface area (Å²) in [6.07, 6.45) is 0.245. The third-order valence-electron chi connectivity index (χ3n) is 2.00. The van der Waals surface area contributed by atoms with Gasteiger partial charge >= 0.3 is 0 Å². The van der Waals surface area contributed by atoms with Crippen LogP contribution in [-0.4, -0.2) is 14.2 Å². The first-order valence-corrected chi connectivity index (χ1v) is 6.54. The molecule has 0 fully saturated rings. The van der Waals surface area contributed by atoms with Crippen molar-refractivity contribution in [1.29, 1.82) is 0 Å². The van der Waals surface area contributed by atoms with E-state index in [1.807, 2.05) is 0 Å². The fraction of sp³-hybridized carbons (Fsp3) is 0.333. The molecule has 0 N–H and O–H groups in total. The van der Waals surface area contributed by atoms with Crippen molar-refractivity contribution >= 4 is 19.7 Å². The highest BCUT2D eigenvalue weighted by molar-refractivity contribution is 8.13. The molecule has 5 heteroatoms. The van der Waals surface area contributed by atoms with Gasteiger partial charge in [-0.05, 0) is 30.5 Å². The highest BCUT2D eigenvalue weighted by atomic mass is 35.7. The molecular formula is C9H10ClFO2S. The second-order valence-electron chi connectivity index (χ2n) is 3.02. The minimum Gasteiger partial charge on any atom is -0.212 e. The third-order valence-corrected chi connectivity index (χ3v) is 3.15. The second-order valence-corrected chi connectivity index (χ2v) is 5.91. The molecule has 0 radical (unpaired) electrons. The van der Waals surface area contributed by atoms with Crippen molar-refractivity contribution in [3.63, 3.8) is 0 Å². The zero-order chi connectivity index (χ0) is 10.8. The van der Waals surface area contributed by atoms with E-state index in [1.54, 1.807) is 19.1 Å². The molecule has 1 aromatic carbocycles. The predicted molar refractivity (Wildman–Crippen MR) is 54.5 cm³/mol. The average Bonchev–Trinajstić information content (AvgIpc) is 2.06. The standard InChI is InChI=1S/C9H10ClFO2S/c1-7-8(3-2-4-9(7)11)5-6-14(10,12)13/h2-4H,5-6H2,1H3. The Hall–Kier alpha value is -0.610. The van der Waals surface area contributed by atoms with Crippen molar-refractivity contribution in [1.82, 2.24) is 0 Å². The van der Waals surface area contributed by atoms with E-state index >= 15 is 0 Å². The van der Waals surface area contributed by atoms with Crippen molar-refractivity contribution < 1.29 is 12.8 Å². The molecule has 14 heavy (non-hydrogen) atoms. The van der Waals surface area contributed by atoms with Crippen molar-refractivity contribution in [2.24, 2.45) is 0 Å². The molecule has 0 saturated carbocycles. The highest BCUT2D eigenvalue weighted by Gasteiger charge is 2.08. The first kappa shape index (κ1) is 11.5. The highest BCUT2D eigenvalue weighted by Crippen LogP contribution is 2.13. The third kappa shape index (κ3) is 3.27. The summed E-state index contributed by atoms with van der Waals surface area (Å²) in [4.78, 5) is 0. The summed E-state index contributed by atoms with van der Waals surface area (Å²) in [5, 5.41) is 0. The van der Waals surface area contributed by atoms with Gasteiger partial charge in [0.1, 0.15) is 5.82 Å². The maximum absolute atomic E-state index is 13.0. The van der Waals surface area contributed by atoms with Gasteiger partial charge in [0, 0.05) is 10.7 Å². The zero-order valence-corrected chi connectivity index (χ0v) is 9.20. The smallest absolute Gasteiger partial charge is 0.212 e. The van der Waals surface area contributed by atoms with E-state index in [2.05, 4.69) is 0 Å². The molecule has 78 valence electrons. The molecule has 1 aromatic rings. The van der Waals surface area contributed by atoms with Gasteiger partial charge in [0.05, 0.1) is 5.75 Å². The van der Waals surface area contributed by atoms with Crippen LogP contribution in [0.2, 0.25) is 0 Å². The number of benzene rings is 1. The van der Waals surface area contributed by atoms with Gasteiger partial charge in [0.25, 0.3) is 0 Å². The maximum atomic E-state index is 13.0. The molecule has 0 atom stereocenters. The minimum atomic E-state index is -3.50. The summed E-state index contributed by atoms with van der Waals surface area (Å²) in [7, 11) is 1.55. The van der Waals surface area contributed by atoms with Gasteiger partial charge in [-0.1, -0.05) is 12.1 Å². The van der Waals surface area contributed by atoms with Gasteiger partial charge in [-0.25, -0.2) is 12.8 Å². The van der Waals surface area contributed by atoms with Gasteiger partial charge < -0.3 is 0 Å². The minimum absolute atomic E-state index is 0.168. The summed E-state index contributed by atoms with van der Waals surface area (Å²) in [5.41, 5.74) is 1.15. The quantitative estimate of drug-likeness (QED) is 0.755. The SMILES string of the molecule is Cc1c(F)cccc1CCS(=O)(=O)Cl. The summed E-state index contributed by atoms with van der Waals surface area (Å²) in [6, 6.07) is 4.59. The Balaban J connectivity index is 2.83. The molecule has 0 aromatic heterocycles. The summed E-state index contributed by atoms with van der Waals surface area (Å²) in [6.45, 7) is 1.62. The van der Waals surface area contributed by atoms with Gasteiger partial charge in [0.2, 0.25) is 9.05 Å². The summed E-state index contributed by atoms with van der Waals surface area (Å²) >= 11 is 0. The fourth-order valence-electron chi connectivity index (χ4n) is 1.15. The van der Waals surface area contributed by atoms with Crippen LogP contribution in [0, 0.1) is 12.7 Å². The number of aryl methyl sites for hydroxylation is 1. The molecule has 0 spiro atoms. The van der Waals surface area contributed by atoms with Crippen LogP contribution in [0.3, 0.4) is 0 Å². The van der Waals surface area contributed by atoms with Crippen molar-refractivity contribution in [3.05, 3.63) is 35.1 Å². The van der Waals surface area contributed by atoms with Crippen LogP contribution in [0.1, 0.15) is 11.1 Å². The van der Waals surface area contributed by atoms with E-state index in [1.165, 1.54) is 6.07 Å². The average molecular weight is 237 g/mol. The Kier molecular flexibility index (Phi) is 3.50. The monoisotopic (exact) mass is 236 g/mol. The van der Waals surface area contributed by atoms with Crippen LogP contribution >= 0.6 is 10.7 Å². The Morgan fingerprint density at radius 2 is 2.07 bits per heavy atom. The largest absolute Gasteiger partial charge is 0.232 e. The Morgan fingerprint density at radius 1 is 1.43 bits per heavy atom. The van der Waals surface area contributed by atoms with Crippen LogP contribution in [0.4, 0.5) is 4.39 Å². The van der Waals surface area contributed by atoms with Crippen molar-refractivity contribution in [2.75, 3.05) is 5.75 Å². The Bertz CT molecular complexity index is 428. The lowest BCUT2D eigenvalue weighted by molar-refractivity contribution is 0.606. The van der Waals surface area contributed by atoms with E-state index in [-0.39, 0.29) is 18.0 Å². The van der Waals surface area contributed by atoms with Gasteiger partial charge in [-0.3, -0.25) is 0 Å². The fourth-order valence-corrected chi connectivity index (χ4v) is 1.85. The first-order chi connectivity index (χ1) is 6.40. The zero-order valence-electron chi connectivity index (χ0n) is 7.63. The van der Waals surface area contributed by atoms with Crippen LogP contribution in [-0.2, 0) is 15.5 Å². The number of rotatable bonds is 3. The predicted octanol–water partition coefficient (Wildman–Crippen LogP) is 2.25. The summed E-state index contributed by atoms with van der Waals surface area (Å²) in [5.74, 6) is -0.492. The van der Waals surface area contributed by atoms with E-state index in [0.717, 1.165) is 0 Å². The van der Waals surface area contributed by atoms with Crippen LogP contribution < -0.4 is 0 Å². The summed E-state index contributed by atoms with van der Waals surface area (Å²) < 4.78 is 34.4. The van der Waals surface area contributed by atoms with Crippen LogP contribution in [0.15, 0.2) is 18.2 Å². The van der Waals surface area contributed by atoms with Gasteiger partial charge in [0.15, 0.2) is 0 Å². The molecule has 0 aliphatic carbocycles. The lowest BCUT2D eigenvalue weighted by atomic mass is 10.1. The lowest BCUT2D eigenvalue weighted by Gasteiger charge is -2.04. The topological polar surface area (TPSA) is 34.1 Å². The Morgan fingerprint density at radius 3 is 2.64 bits per heavy atom. The maximum Gasteiger partial charge on any atom is 0.232 e. The molecule has 0 unspecified atom stereocenters. The van der Waals surface area contributed by atoms with Gasteiger partial charge in [-0.15, -0.1) is 0 Å². The molecule has 2 nitrogen and oxygen atoms in total. The Labute approximate surface area is 87.1 Å². The van der Waals surface area contributed by atoms with E-state index in [0.29, 0.717) is 11.1 Å². The van der Waals surface area contributed by atoms with Crippen molar-refractivity contribution in [2.45, 2.75) is 13.3 Å². The lowest BCUT2D eigenvalue weighted by Crippen LogP contribution is -2.03. The van der Waals surface area contributed by atoms with Gasteiger partial charge in [-0.2, -0.15) is 0 Å². The van der Waals surface area contributed by atoms with E-state index in [4.69, 9.17) is 10.7 Å². The first-order valence-electron chi connectivity index (χ1n) is 4.06. The van der Waals surface area contributed by atoms with Crippen LogP contribution in [0.5, 0.6) is 0 Å². The normalized spacial score (nSPS) is 11.6. The number of hydrogen-bond acceptors (Lipinski definition) is 2.